The van der Waals surface area contributed by atoms with Gasteiger partial charge in [-0.3, -0.25) is 0 Å². The summed E-state index contributed by atoms with van der Waals surface area (Å²) in [6.45, 7) is 9.64. The van der Waals surface area contributed by atoms with Gasteiger partial charge in [0.1, 0.15) is 0 Å². The van der Waals surface area contributed by atoms with Crippen LogP contribution in [-0.4, -0.2) is 21.5 Å². The van der Waals surface area contributed by atoms with Crippen molar-refractivity contribution < 1.29 is 8.42 Å². The lowest BCUT2D eigenvalue weighted by Gasteiger charge is -2.35. The first-order valence-electron chi connectivity index (χ1n) is 10.1. The highest BCUT2D eigenvalue weighted by atomic mass is 32.2. The fourth-order valence-corrected chi connectivity index (χ4v) is 5.92. The van der Waals surface area contributed by atoms with Crippen LogP contribution in [0.3, 0.4) is 0 Å². The molecule has 2 aromatic rings. The lowest BCUT2D eigenvalue weighted by Crippen LogP contribution is -2.34. The molecule has 0 aromatic heterocycles. The number of benzene rings is 2. The molecule has 0 aliphatic carbocycles. The number of hydrogen-bond acceptors (Lipinski definition) is 4. The summed E-state index contributed by atoms with van der Waals surface area (Å²) in [6.07, 6.45) is 2.93. The number of nitriles is 1. The first-order chi connectivity index (χ1) is 13.7. The van der Waals surface area contributed by atoms with E-state index in [4.69, 9.17) is 5.14 Å². The Morgan fingerprint density at radius 1 is 1.21 bits per heavy atom. The molecular weight excluding hydrogens is 382 g/mol. The number of aryl methyl sites for hydroxylation is 3. The highest BCUT2D eigenvalue weighted by molar-refractivity contribution is 7.89. The standard InChI is InChI=1S/C23H29N3O2S/c1-5-19(22-15(2)11-16(3)23(17(22)4)29(25,27)28)14-26-10-6-7-20-12-18(13-24)8-9-21(20)26/h8-9,11-12,19H,5-7,10,14H2,1-4H3,(H2,25,27,28)/t19-/m1/s1. The average molecular weight is 412 g/mol. The number of sulfonamides is 1. The van der Waals surface area contributed by atoms with Crippen LogP contribution in [0, 0.1) is 32.1 Å². The molecule has 2 aromatic carbocycles. The molecule has 1 heterocycles. The summed E-state index contributed by atoms with van der Waals surface area (Å²) in [6, 6.07) is 10.1. The minimum absolute atomic E-state index is 0.192. The molecule has 3 rings (SSSR count). The molecule has 0 amide bonds. The third-order valence-corrected chi connectivity index (χ3v) is 7.21. The number of fused-ring (bicyclic) bond motifs is 1. The molecule has 0 spiro atoms. The van der Waals surface area contributed by atoms with E-state index in [1.807, 2.05) is 38.1 Å². The smallest absolute Gasteiger partial charge is 0.238 e. The van der Waals surface area contributed by atoms with Gasteiger partial charge in [0.15, 0.2) is 0 Å². The largest absolute Gasteiger partial charge is 0.371 e. The number of nitrogens with zero attached hydrogens (tertiary/aromatic N) is 2. The molecule has 1 atom stereocenters. The van der Waals surface area contributed by atoms with Gasteiger partial charge in [0, 0.05) is 24.7 Å². The summed E-state index contributed by atoms with van der Waals surface area (Å²) >= 11 is 0. The predicted octanol–water partition coefficient (Wildman–Crippen LogP) is 4.08. The fraction of sp³-hybridized carbons (Fsp3) is 0.435. The Hall–Kier alpha value is -2.36. The van der Waals surface area contributed by atoms with Crippen molar-refractivity contribution in [2.45, 2.75) is 57.8 Å². The molecule has 5 nitrogen and oxygen atoms in total. The van der Waals surface area contributed by atoms with Crippen molar-refractivity contribution in [3.8, 4) is 6.07 Å². The van der Waals surface area contributed by atoms with Gasteiger partial charge in [0.2, 0.25) is 10.0 Å². The third kappa shape index (κ3) is 4.17. The van der Waals surface area contributed by atoms with Gasteiger partial charge in [0.05, 0.1) is 16.5 Å². The second-order valence-corrected chi connectivity index (χ2v) is 9.53. The maximum atomic E-state index is 12.2. The molecule has 0 saturated heterocycles. The average Bonchev–Trinajstić information content (AvgIpc) is 2.65. The third-order valence-electron chi connectivity index (χ3n) is 6.01. The van der Waals surface area contributed by atoms with E-state index in [2.05, 4.69) is 17.9 Å². The number of nitrogens with two attached hydrogens (primary N) is 1. The monoisotopic (exact) mass is 411 g/mol. The van der Waals surface area contributed by atoms with Gasteiger partial charge in [-0.05, 0) is 86.1 Å². The van der Waals surface area contributed by atoms with E-state index in [9.17, 15) is 13.7 Å². The van der Waals surface area contributed by atoms with E-state index in [1.54, 1.807) is 6.92 Å². The Balaban J connectivity index is 2.02. The zero-order valence-corrected chi connectivity index (χ0v) is 18.4. The Labute approximate surface area is 174 Å². The summed E-state index contributed by atoms with van der Waals surface area (Å²) in [4.78, 5) is 2.64. The van der Waals surface area contributed by atoms with Crippen molar-refractivity contribution in [3.05, 3.63) is 57.6 Å². The maximum Gasteiger partial charge on any atom is 0.238 e. The highest BCUT2D eigenvalue weighted by Crippen LogP contribution is 2.36. The molecule has 0 unspecified atom stereocenters. The molecule has 154 valence electrons. The zero-order chi connectivity index (χ0) is 21.3. The second-order valence-electron chi connectivity index (χ2n) is 8.03. The van der Waals surface area contributed by atoms with Crippen LogP contribution in [0.5, 0.6) is 0 Å². The van der Waals surface area contributed by atoms with Gasteiger partial charge >= 0.3 is 0 Å². The van der Waals surface area contributed by atoms with Crippen LogP contribution in [0.15, 0.2) is 29.2 Å². The van der Waals surface area contributed by atoms with Crippen molar-refractivity contribution in [1.82, 2.24) is 0 Å². The van der Waals surface area contributed by atoms with Crippen molar-refractivity contribution in [1.29, 1.82) is 5.26 Å². The van der Waals surface area contributed by atoms with Crippen LogP contribution in [0.1, 0.15) is 59.1 Å². The van der Waals surface area contributed by atoms with Crippen LogP contribution in [0.25, 0.3) is 0 Å². The molecule has 0 bridgehead atoms. The normalized spacial score (nSPS) is 15.0. The lowest BCUT2D eigenvalue weighted by atomic mass is 9.86. The predicted molar refractivity (Wildman–Crippen MR) is 117 cm³/mol. The lowest BCUT2D eigenvalue weighted by molar-refractivity contribution is 0.586. The first kappa shape index (κ1) is 21.4. The molecule has 0 radical (unpaired) electrons. The highest BCUT2D eigenvalue weighted by Gasteiger charge is 2.26. The fourth-order valence-electron chi connectivity index (χ4n) is 4.87. The van der Waals surface area contributed by atoms with Crippen molar-refractivity contribution in [2.75, 3.05) is 18.0 Å². The molecule has 0 saturated carbocycles. The number of rotatable bonds is 5. The SMILES string of the molecule is CC[C@H](CN1CCCc2cc(C#N)ccc21)c1c(C)cc(C)c(S(N)(=O)=O)c1C. The van der Waals surface area contributed by atoms with Gasteiger partial charge < -0.3 is 4.90 Å². The Bertz CT molecular complexity index is 1080. The van der Waals surface area contributed by atoms with E-state index in [-0.39, 0.29) is 10.8 Å². The van der Waals surface area contributed by atoms with Gasteiger partial charge in [-0.1, -0.05) is 13.0 Å². The van der Waals surface area contributed by atoms with Crippen LogP contribution in [-0.2, 0) is 16.4 Å². The summed E-state index contributed by atoms with van der Waals surface area (Å²) in [5, 5.41) is 14.7. The number of primary sulfonamides is 1. The summed E-state index contributed by atoms with van der Waals surface area (Å²) in [5.74, 6) is 0.192. The second kappa shape index (κ2) is 8.17. The van der Waals surface area contributed by atoms with E-state index >= 15 is 0 Å². The molecule has 0 fully saturated rings. The van der Waals surface area contributed by atoms with Crippen molar-refractivity contribution >= 4 is 15.7 Å². The van der Waals surface area contributed by atoms with Crippen molar-refractivity contribution in [2.24, 2.45) is 5.14 Å². The Kier molecular flexibility index (Phi) is 6.02. The molecule has 1 aliphatic heterocycles. The van der Waals surface area contributed by atoms with Crippen LogP contribution >= 0.6 is 0 Å². The molecule has 2 N–H and O–H groups in total. The van der Waals surface area contributed by atoms with E-state index < -0.39 is 10.0 Å². The van der Waals surface area contributed by atoms with Crippen molar-refractivity contribution in [3.63, 3.8) is 0 Å². The zero-order valence-electron chi connectivity index (χ0n) is 17.6. The van der Waals surface area contributed by atoms with Crippen LogP contribution in [0.2, 0.25) is 0 Å². The molecular formula is C23H29N3O2S. The molecule has 6 heteroatoms. The molecule has 29 heavy (non-hydrogen) atoms. The van der Waals surface area contributed by atoms with Gasteiger partial charge in [-0.15, -0.1) is 0 Å². The van der Waals surface area contributed by atoms with E-state index in [0.717, 1.165) is 49.0 Å². The van der Waals surface area contributed by atoms with E-state index in [0.29, 0.717) is 11.1 Å². The topological polar surface area (TPSA) is 87.2 Å². The Morgan fingerprint density at radius 2 is 1.93 bits per heavy atom. The van der Waals surface area contributed by atoms with Gasteiger partial charge in [0.25, 0.3) is 0 Å². The summed E-state index contributed by atoms with van der Waals surface area (Å²) in [5.41, 5.74) is 6.76. The molecule has 1 aliphatic rings. The minimum Gasteiger partial charge on any atom is -0.371 e. The summed E-state index contributed by atoms with van der Waals surface area (Å²) < 4.78 is 24.4. The first-order valence-corrected chi connectivity index (χ1v) is 11.6. The minimum atomic E-state index is -3.78. The number of anilines is 1. The van der Waals surface area contributed by atoms with E-state index in [1.165, 1.54) is 11.3 Å². The quantitative estimate of drug-likeness (QED) is 0.803. The number of hydrogen-bond donors (Lipinski definition) is 1. The summed E-state index contributed by atoms with van der Waals surface area (Å²) in [7, 11) is -3.78. The van der Waals surface area contributed by atoms with Gasteiger partial charge in [-0.25, -0.2) is 13.6 Å². The maximum absolute atomic E-state index is 12.2. The van der Waals surface area contributed by atoms with Crippen LogP contribution < -0.4 is 10.0 Å². The Morgan fingerprint density at radius 3 is 2.55 bits per heavy atom. The van der Waals surface area contributed by atoms with Gasteiger partial charge in [-0.2, -0.15) is 5.26 Å². The van der Waals surface area contributed by atoms with Crippen LogP contribution in [0.4, 0.5) is 5.69 Å².